The van der Waals surface area contributed by atoms with Crippen molar-refractivity contribution >= 4 is 17.5 Å². The highest BCUT2D eigenvalue weighted by Crippen LogP contribution is 2.33. The molecule has 3 aliphatic rings. The Morgan fingerprint density at radius 1 is 1.20 bits per heavy atom. The second-order valence-corrected chi connectivity index (χ2v) is 10.4. The lowest BCUT2D eigenvalue weighted by Crippen LogP contribution is -2.55. The van der Waals surface area contributed by atoms with Crippen molar-refractivity contribution in [1.82, 2.24) is 15.0 Å². The summed E-state index contributed by atoms with van der Waals surface area (Å²) in [7, 11) is 0. The maximum atomic E-state index is 12.5. The maximum absolute atomic E-state index is 12.5. The number of likely N-dealkylation sites (tertiary alicyclic amines) is 1. The van der Waals surface area contributed by atoms with Gasteiger partial charge in [0.15, 0.2) is 5.82 Å². The van der Waals surface area contributed by atoms with Crippen LogP contribution in [0.2, 0.25) is 0 Å². The average Bonchev–Trinajstić information content (AvgIpc) is 3.36. The van der Waals surface area contributed by atoms with Gasteiger partial charge < -0.3 is 24.2 Å². The molecule has 1 N–H and O–H groups in total. The normalized spacial score (nSPS) is 23.3. The number of hydrogen-bond acceptors (Lipinski definition) is 7. The van der Waals surface area contributed by atoms with E-state index in [1.165, 1.54) is 17.6 Å². The molecule has 1 aromatic carbocycles. The van der Waals surface area contributed by atoms with Crippen LogP contribution in [0.4, 0.5) is 6.01 Å². The molecule has 8 heteroatoms. The monoisotopic (exact) mass is 480 g/mol. The summed E-state index contributed by atoms with van der Waals surface area (Å²) in [6.45, 7) is 6.59. The van der Waals surface area contributed by atoms with E-state index in [1.807, 2.05) is 12.1 Å². The molecule has 1 aliphatic carbocycles. The molecule has 0 bridgehead atoms. The lowest BCUT2D eigenvalue weighted by atomic mass is 9.85. The molecule has 2 saturated heterocycles. The Morgan fingerprint density at radius 3 is 2.66 bits per heavy atom. The van der Waals surface area contributed by atoms with Crippen molar-refractivity contribution in [1.29, 1.82) is 0 Å². The van der Waals surface area contributed by atoms with Crippen LogP contribution in [0, 0.1) is 5.92 Å². The summed E-state index contributed by atoms with van der Waals surface area (Å²) in [5.74, 6) is 2.07. The third-order valence-corrected chi connectivity index (χ3v) is 7.42. The van der Waals surface area contributed by atoms with Crippen molar-refractivity contribution in [2.24, 2.45) is 5.92 Å². The number of ether oxygens (including phenoxy) is 1. The molecule has 8 nitrogen and oxygen atoms in total. The van der Waals surface area contributed by atoms with Gasteiger partial charge in [0.1, 0.15) is 12.4 Å². The fourth-order valence-electron chi connectivity index (χ4n) is 5.17. The molecule has 0 saturated carbocycles. The van der Waals surface area contributed by atoms with E-state index in [4.69, 9.17) is 9.26 Å². The highest BCUT2D eigenvalue weighted by atomic mass is 16.5. The minimum absolute atomic E-state index is 0.0442. The van der Waals surface area contributed by atoms with Gasteiger partial charge in [-0.25, -0.2) is 0 Å². The molecule has 3 heterocycles. The summed E-state index contributed by atoms with van der Waals surface area (Å²) >= 11 is 0. The predicted octanol–water partition coefficient (Wildman–Crippen LogP) is 4.02. The second kappa shape index (κ2) is 10.4. The van der Waals surface area contributed by atoms with Gasteiger partial charge in [0.05, 0.1) is 12.1 Å². The van der Waals surface area contributed by atoms with E-state index in [1.54, 1.807) is 4.90 Å². The summed E-state index contributed by atoms with van der Waals surface area (Å²) in [4.78, 5) is 21.1. The number of piperidine rings is 1. The highest BCUT2D eigenvalue weighted by Gasteiger charge is 2.34. The number of benzene rings is 1. The van der Waals surface area contributed by atoms with Crippen molar-refractivity contribution in [2.45, 2.75) is 70.4 Å². The number of β-amino-alcohol motifs (C(OH)–C–C–N with tert-alkyl or cyclic N) is 1. The highest BCUT2D eigenvalue weighted by molar-refractivity contribution is 5.81. The number of aliphatic hydroxyl groups is 1. The number of carbonyl (C=O) groups is 1. The van der Waals surface area contributed by atoms with E-state index in [0.29, 0.717) is 25.7 Å². The van der Waals surface area contributed by atoms with E-state index in [0.717, 1.165) is 50.2 Å². The second-order valence-electron chi connectivity index (χ2n) is 10.4. The van der Waals surface area contributed by atoms with Gasteiger partial charge in [0.25, 0.3) is 0 Å². The van der Waals surface area contributed by atoms with E-state index in [9.17, 15) is 9.90 Å². The molecule has 2 atom stereocenters. The third kappa shape index (κ3) is 5.37. The number of hydrogen-bond donors (Lipinski definition) is 1. The van der Waals surface area contributed by atoms with Gasteiger partial charge in [-0.3, -0.25) is 4.79 Å². The van der Waals surface area contributed by atoms with Gasteiger partial charge in [-0.1, -0.05) is 37.2 Å². The van der Waals surface area contributed by atoms with Crippen LogP contribution in [0.1, 0.15) is 69.7 Å². The minimum Gasteiger partial charge on any atom is -0.491 e. The van der Waals surface area contributed by atoms with Crippen molar-refractivity contribution in [3.05, 3.63) is 41.7 Å². The molecular weight excluding hydrogens is 444 g/mol. The van der Waals surface area contributed by atoms with Crippen LogP contribution < -0.4 is 9.64 Å². The fourth-order valence-corrected chi connectivity index (χ4v) is 5.17. The number of rotatable bonds is 7. The molecule has 2 aliphatic heterocycles. The molecule has 0 radical (unpaired) electrons. The quantitative estimate of drug-likeness (QED) is 0.640. The van der Waals surface area contributed by atoms with Crippen LogP contribution in [0.25, 0.3) is 5.57 Å². The Balaban J connectivity index is 1.15. The number of allylic oxidation sites excluding steroid dienone is 2. The number of anilines is 1. The number of nitrogens with zero attached hydrogens (tertiary/aromatic N) is 4. The van der Waals surface area contributed by atoms with Crippen molar-refractivity contribution in [2.75, 3.05) is 31.1 Å². The van der Waals surface area contributed by atoms with E-state index in [-0.39, 0.29) is 29.9 Å². The van der Waals surface area contributed by atoms with E-state index < -0.39 is 0 Å². The number of carbonyl (C=O) groups excluding carboxylic acids is 1. The SMILES string of the molecule is CC(C)c1noc(N2CCCCC2COc2ccc(C3=CCC(C(=O)N4CC(O)C4)CC3)cc2)n1. The van der Waals surface area contributed by atoms with Crippen LogP contribution in [-0.4, -0.2) is 64.4 Å². The lowest BCUT2D eigenvalue weighted by molar-refractivity contribution is -0.145. The summed E-state index contributed by atoms with van der Waals surface area (Å²) in [5, 5.41) is 13.6. The van der Waals surface area contributed by atoms with Crippen molar-refractivity contribution < 1.29 is 19.2 Å². The van der Waals surface area contributed by atoms with Crippen LogP contribution in [0.3, 0.4) is 0 Å². The molecule has 2 fully saturated rings. The van der Waals surface area contributed by atoms with E-state index in [2.05, 4.69) is 47.1 Å². The molecule has 188 valence electrons. The zero-order valence-electron chi connectivity index (χ0n) is 20.7. The van der Waals surface area contributed by atoms with Crippen LogP contribution in [0.5, 0.6) is 5.75 Å². The smallest absolute Gasteiger partial charge is 0.324 e. The molecule has 1 amide bonds. The fraction of sp³-hybridized carbons (Fsp3) is 0.593. The van der Waals surface area contributed by atoms with Gasteiger partial charge in [-0.15, -0.1) is 0 Å². The van der Waals surface area contributed by atoms with Gasteiger partial charge in [-0.05, 0) is 61.8 Å². The molecule has 35 heavy (non-hydrogen) atoms. The summed E-state index contributed by atoms with van der Waals surface area (Å²) in [6.07, 6.45) is 7.72. The Labute approximate surface area is 206 Å². The first-order valence-electron chi connectivity index (χ1n) is 13.0. The average molecular weight is 481 g/mol. The Bertz CT molecular complexity index is 1040. The van der Waals surface area contributed by atoms with Crippen molar-refractivity contribution in [3.63, 3.8) is 0 Å². The van der Waals surface area contributed by atoms with Crippen LogP contribution in [0.15, 0.2) is 34.9 Å². The number of amides is 1. The molecule has 2 unspecified atom stereocenters. The summed E-state index contributed by atoms with van der Waals surface area (Å²) in [6, 6.07) is 9.11. The summed E-state index contributed by atoms with van der Waals surface area (Å²) < 4.78 is 11.7. The zero-order valence-corrected chi connectivity index (χ0v) is 20.7. The van der Waals surface area contributed by atoms with Gasteiger partial charge in [0.2, 0.25) is 5.91 Å². The largest absolute Gasteiger partial charge is 0.491 e. The van der Waals surface area contributed by atoms with E-state index >= 15 is 0 Å². The lowest BCUT2D eigenvalue weighted by Gasteiger charge is -2.38. The first kappa shape index (κ1) is 23.9. The Morgan fingerprint density at radius 2 is 2.00 bits per heavy atom. The maximum Gasteiger partial charge on any atom is 0.324 e. The third-order valence-electron chi connectivity index (χ3n) is 7.42. The van der Waals surface area contributed by atoms with Crippen LogP contribution in [-0.2, 0) is 4.79 Å². The summed E-state index contributed by atoms with van der Waals surface area (Å²) in [5.41, 5.74) is 2.48. The predicted molar refractivity (Wildman–Crippen MR) is 133 cm³/mol. The Hall–Kier alpha value is -2.87. The first-order chi connectivity index (χ1) is 17.0. The molecule has 0 spiro atoms. The van der Waals surface area contributed by atoms with Gasteiger partial charge >= 0.3 is 6.01 Å². The zero-order chi connectivity index (χ0) is 24.4. The van der Waals surface area contributed by atoms with Crippen molar-refractivity contribution in [3.8, 4) is 5.75 Å². The molecule has 2 aromatic rings. The van der Waals surface area contributed by atoms with Crippen LogP contribution >= 0.6 is 0 Å². The van der Waals surface area contributed by atoms with Gasteiger partial charge in [0, 0.05) is 31.5 Å². The minimum atomic E-state index is -0.341. The number of aliphatic hydroxyl groups excluding tert-OH is 1. The molecule has 1 aromatic heterocycles. The topological polar surface area (TPSA) is 91.9 Å². The number of aromatic nitrogens is 2. The van der Waals surface area contributed by atoms with Gasteiger partial charge in [-0.2, -0.15) is 4.98 Å². The first-order valence-corrected chi connectivity index (χ1v) is 13.0. The molecular formula is C27H36N4O4. The standard InChI is InChI=1S/C27H36N4O4/c1-18(2)25-28-27(35-29-25)31-14-4-3-5-22(31)17-34-24-12-10-20(11-13-24)19-6-8-21(9-7-19)26(33)30-15-23(32)16-30/h6,10-13,18,21-23,32H,3-5,7-9,14-17H2,1-2H3. The molecule has 5 rings (SSSR count). The Kier molecular flexibility index (Phi) is 7.09.